The quantitative estimate of drug-likeness (QED) is 0.534. The van der Waals surface area contributed by atoms with Gasteiger partial charge in [-0.05, 0) is 12.3 Å². The van der Waals surface area contributed by atoms with Gasteiger partial charge in [-0.15, -0.1) is 6.42 Å². The van der Waals surface area contributed by atoms with Crippen LogP contribution in [0, 0.1) is 18.3 Å². The van der Waals surface area contributed by atoms with Crippen LogP contribution in [-0.2, 0) is 4.79 Å². The highest BCUT2D eigenvalue weighted by Gasteiger charge is 2.34. The lowest BCUT2D eigenvalue weighted by atomic mass is 10.0. The maximum absolute atomic E-state index is 11.6. The predicted octanol–water partition coefficient (Wildman–Crippen LogP) is 1.64. The fourth-order valence-electron chi connectivity index (χ4n) is 1.58. The predicted molar refractivity (Wildman–Crippen MR) is 56.5 cm³/mol. The van der Waals surface area contributed by atoms with Gasteiger partial charge in [0.25, 0.3) is 0 Å². The van der Waals surface area contributed by atoms with Crippen molar-refractivity contribution in [2.24, 2.45) is 5.92 Å². The van der Waals surface area contributed by atoms with E-state index in [0.29, 0.717) is 5.92 Å². The molecule has 1 saturated heterocycles. The van der Waals surface area contributed by atoms with Gasteiger partial charge >= 0.3 is 0 Å². The molecule has 1 fully saturated rings. The Morgan fingerprint density at radius 1 is 1.69 bits per heavy atom. The Bertz CT molecular complexity index is 244. The Morgan fingerprint density at radius 3 is 2.62 bits per heavy atom. The molecule has 2 atom stereocenters. The van der Waals surface area contributed by atoms with Crippen LogP contribution in [0.15, 0.2) is 0 Å². The second-order valence-corrected chi connectivity index (χ2v) is 4.75. The summed E-state index contributed by atoms with van der Waals surface area (Å²) in [4.78, 5) is 13.4. The molecule has 0 N–H and O–H groups in total. The highest BCUT2D eigenvalue weighted by Crippen LogP contribution is 2.23. The summed E-state index contributed by atoms with van der Waals surface area (Å²) in [5.74, 6) is 3.14. The zero-order valence-corrected chi connectivity index (χ0v) is 9.54. The maximum Gasteiger partial charge on any atom is 0.237 e. The number of hydrogen-bond donors (Lipinski definition) is 0. The minimum Gasteiger partial charge on any atom is -0.328 e. The summed E-state index contributed by atoms with van der Waals surface area (Å²) in [6.07, 6.45) is 6.27. The van der Waals surface area contributed by atoms with Crippen LogP contribution in [0.4, 0.5) is 0 Å². The molecular formula is C10H14BrNO. The summed E-state index contributed by atoms with van der Waals surface area (Å²) < 4.78 is 0. The molecule has 3 heteroatoms. The van der Waals surface area contributed by atoms with Gasteiger partial charge in [-0.3, -0.25) is 4.79 Å². The van der Waals surface area contributed by atoms with Crippen molar-refractivity contribution in [2.45, 2.75) is 31.1 Å². The van der Waals surface area contributed by atoms with Crippen LogP contribution in [0.5, 0.6) is 0 Å². The Balaban J connectivity index is 2.72. The smallest absolute Gasteiger partial charge is 0.237 e. The maximum atomic E-state index is 11.6. The molecule has 0 spiro atoms. The zero-order valence-electron chi connectivity index (χ0n) is 7.96. The molecule has 1 rings (SSSR count). The van der Waals surface area contributed by atoms with Crippen LogP contribution < -0.4 is 0 Å². The van der Waals surface area contributed by atoms with Gasteiger partial charge in [-0.1, -0.05) is 35.7 Å². The number of carbonyl (C=O) groups excluding carboxylic acids is 1. The highest BCUT2D eigenvalue weighted by atomic mass is 79.9. The lowest BCUT2D eigenvalue weighted by molar-refractivity contribution is -0.128. The van der Waals surface area contributed by atoms with E-state index in [1.54, 1.807) is 4.90 Å². The van der Waals surface area contributed by atoms with E-state index in [4.69, 9.17) is 6.42 Å². The van der Waals surface area contributed by atoms with E-state index < -0.39 is 0 Å². The van der Waals surface area contributed by atoms with Gasteiger partial charge in [0, 0.05) is 6.54 Å². The monoisotopic (exact) mass is 243 g/mol. The third-order valence-corrected chi connectivity index (χ3v) is 3.16. The van der Waals surface area contributed by atoms with Gasteiger partial charge in [0.2, 0.25) is 5.91 Å². The summed E-state index contributed by atoms with van der Waals surface area (Å²) in [5, 5.41) is 0. The van der Waals surface area contributed by atoms with Gasteiger partial charge in [0.15, 0.2) is 0 Å². The molecule has 0 aliphatic carbocycles. The average molecular weight is 244 g/mol. The van der Waals surface area contributed by atoms with E-state index in [2.05, 4.69) is 21.9 Å². The van der Waals surface area contributed by atoms with Gasteiger partial charge in [0.05, 0.1) is 10.9 Å². The second-order valence-electron chi connectivity index (χ2n) is 3.64. The van der Waals surface area contributed by atoms with Gasteiger partial charge in [0.1, 0.15) is 0 Å². The summed E-state index contributed by atoms with van der Waals surface area (Å²) in [6, 6.07) is -0.0463. The van der Waals surface area contributed by atoms with E-state index in [-0.39, 0.29) is 16.8 Å². The van der Waals surface area contributed by atoms with Crippen LogP contribution in [0.3, 0.4) is 0 Å². The largest absolute Gasteiger partial charge is 0.328 e. The average Bonchev–Trinajstić information content (AvgIpc) is 2.37. The molecule has 0 aromatic carbocycles. The lowest BCUT2D eigenvalue weighted by Crippen LogP contribution is -2.40. The number of alkyl halides is 1. The number of nitrogens with zero attached hydrogens (tertiary/aromatic N) is 1. The van der Waals surface area contributed by atoms with Crippen molar-refractivity contribution in [3.63, 3.8) is 0 Å². The summed E-state index contributed by atoms with van der Waals surface area (Å²) in [5.41, 5.74) is 0. The van der Waals surface area contributed by atoms with Crippen LogP contribution in [0.2, 0.25) is 0 Å². The first kappa shape index (κ1) is 10.6. The first-order chi connectivity index (χ1) is 6.07. The number of likely N-dealkylation sites (tertiary alicyclic amines) is 1. The highest BCUT2D eigenvalue weighted by molar-refractivity contribution is 9.10. The second kappa shape index (κ2) is 4.15. The van der Waals surface area contributed by atoms with Crippen molar-refractivity contribution >= 4 is 21.8 Å². The van der Waals surface area contributed by atoms with Crippen LogP contribution in [0.1, 0.15) is 20.3 Å². The molecule has 2 nitrogen and oxygen atoms in total. The Kier molecular flexibility index (Phi) is 3.38. The molecule has 2 unspecified atom stereocenters. The number of hydrogen-bond acceptors (Lipinski definition) is 1. The SMILES string of the molecule is C#CC(C(C)C)N1CCC(Br)C1=O. The van der Waals surface area contributed by atoms with Crippen molar-refractivity contribution in [1.82, 2.24) is 4.90 Å². The van der Waals surface area contributed by atoms with Crippen LogP contribution in [0.25, 0.3) is 0 Å². The number of carbonyl (C=O) groups is 1. The molecule has 13 heavy (non-hydrogen) atoms. The van der Waals surface area contributed by atoms with Crippen molar-refractivity contribution in [3.05, 3.63) is 0 Å². The number of rotatable bonds is 2. The van der Waals surface area contributed by atoms with E-state index in [1.807, 2.05) is 13.8 Å². The Hall–Kier alpha value is -0.490. The minimum absolute atomic E-state index is 0.0258. The van der Waals surface area contributed by atoms with Crippen molar-refractivity contribution in [1.29, 1.82) is 0 Å². The molecule has 0 aromatic rings. The molecule has 1 aliphatic heterocycles. The van der Waals surface area contributed by atoms with Crippen LogP contribution >= 0.6 is 15.9 Å². The Labute approximate surface area is 87.8 Å². The number of halogens is 1. The molecule has 72 valence electrons. The lowest BCUT2D eigenvalue weighted by Gasteiger charge is -2.26. The number of terminal acetylenes is 1. The van der Waals surface area contributed by atoms with E-state index in [9.17, 15) is 4.79 Å². The zero-order chi connectivity index (χ0) is 10.0. The molecule has 1 heterocycles. The summed E-state index contributed by atoms with van der Waals surface area (Å²) in [6.45, 7) is 4.86. The molecule has 1 aliphatic rings. The minimum atomic E-state index is -0.0463. The molecule has 0 saturated carbocycles. The molecule has 0 aromatic heterocycles. The third kappa shape index (κ3) is 2.05. The third-order valence-electron chi connectivity index (χ3n) is 2.31. The van der Waals surface area contributed by atoms with Crippen molar-refractivity contribution in [3.8, 4) is 12.3 Å². The van der Waals surface area contributed by atoms with Crippen molar-refractivity contribution in [2.75, 3.05) is 6.54 Å². The van der Waals surface area contributed by atoms with Crippen molar-refractivity contribution < 1.29 is 4.79 Å². The van der Waals surface area contributed by atoms with E-state index >= 15 is 0 Å². The summed E-state index contributed by atoms with van der Waals surface area (Å²) in [7, 11) is 0. The first-order valence-corrected chi connectivity index (χ1v) is 5.40. The van der Waals surface area contributed by atoms with Crippen LogP contribution in [-0.4, -0.2) is 28.2 Å². The molecular weight excluding hydrogens is 230 g/mol. The molecule has 0 bridgehead atoms. The van der Waals surface area contributed by atoms with E-state index in [0.717, 1.165) is 13.0 Å². The fourth-order valence-corrected chi connectivity index (χ4v) is 2.05. The topological polar surface area (TPSA) is 20.3 Å². The van der Waals surface area contributed by atoms with E-state index in [1.165, 1.54) is 0 Å². The first-order valence-electron chi connectivity index (χ1n) is 4.48. The number of amides is 1. The fraction of sp³-hybridized carbons (Fsp3) is 0.700. The standard InChI is InChI=1S/C10H14BrNO/c1-4-9(7(2)3)12-6-5-8(11)10(12)13/h1,7-9H,5-6H2,2-3H3. The summed E-state index contributed by atoms with van der Waals surface area (Å²) >= 11 is 3.33. The normalized spacial score (nSPS) is 25.0. The molecule has 1 amide bonds. The van der Waals surface area contributed by atoms with Gasteiger partial charge in [-0.25, -0.2) is 0 Å². The van der Waals surface area contributed by atoms with Gasteiger partial charge < -0.3 is 4.90 Å². The molecule has 0 radical (unpaired) electrons. The Morgan fingerprint density at radius 2 is 2.31 bits per heavy atom. The van der Waals surface area contributed by atoms with Gasteiger partial charge in [-0.2, -0.15) is 0 Å².